The Kier molecular flexibility index (Phi) is 4.96. The lowest BCUT2D eigenvalue weighted by molar-refractivity contribution is -0.130. The summed E-state index contributed by atoms with van der Waals surface area (Å²) in [5, 5.41) is 10.0. The molecule has 0 bridgehead atoms. The van der Waals surface area contributed by atoms with Crippen molar-refractivity contribution in [3.63, 3.8) is 0 Å². The summed E-state index contributed by atoms with van der Waals surface area (Å²) >= 11 is 12.1. The molecular weight excluding hydrogens is 325 g/mol. The van der Waals surface area contributed by atoms with Crippen LogP contribution in [0.3, 0.4) is 0 Å². The van der Waals surface area contributed by atoms with E-state index in [0.29, 0.717) is 32.6 Å². The molecule has 0 spiro atoms. The van der Waals surface area contributed by atoms with Crippen LogP contribution in [0.25, 0.3) is 11.6 Å². The Bertz CT molecular complexity index is 717. The zero-order chi connectivity index (χ0) is 16.3. The Balaban J connectivity index is 2.51. The molecule has 0 aromatic heterocycles. The quantitative estimate of drug-likeness (QED) is 0.498. The Hall–Kier alpha value is -2.17. The zero-order valence-electron chi connectivity index (χ0n) is 11.6. The fourth-order valence-corrected chi connectivity index (χ4v) is 2.61. The number of nitrogens with two attached hydrogens (primary N) is 1. The summed E-state index contributed by atoms with van der Waals surface area (Å²) in [5.74, 6) is -0.710. The molecule has 0 aliphatic carbocycles. The molecule has 6 heteroatoms. The molecule has 0 heterocycles. The smallest absolute Gasteiger partial charge is 0.336 e. The van der Waals surface area contributed by atoms with E-state index in [-0.39, 0.29) is 5.57 Å². The van der Waals surface area contributed by atoms with E-state index in [9.17, 15) is 9.90 Å². The summed E-state index contributed by atoms with van der Waals surface area (Å²) in [7, 11) is 1.46. The number of carbonyl (C=O) groups is 1. The van der Waals surface area contributed by atoms with Gasteiger partial charge in [-0.25, -0.2) is 4.79 Å². The van der Waals surface area contributed by atoms with Gasteiger partial charge in [-0.15, -0.1) is 0 Å². The molecule has 0 aliphatic rings. The van der Waals surface area contributed by atoms with Crippen LogP contribution in [-0.4, -0.2) is 18.2 Å². The van der Waals surface area contributed by atoms with Crippen molar-refractivity contribution in [1.29, 1.82) is 0 Å². The van der Waals surface area contributed by atoms with Crippen molar-refractivity contribution >= 4 is 46.5 Å². The fraction of sp³-hybridized carbons (Fsp3) is 0.0625. The van der Waals surface area contributed by atoms with Crippen LogP contribution in [0.2, 0.25) is 10.0 Å². The maximum absolute atomic E-state index is 11.5. The van der Waals surface area contributed by atoms with Crippen molar-refractivity contribution in [3.8, 4) is 5.75 Å². The lowest BCUT2D eigenvalue weighted by Crippen LogP contribution is -2.00. The number of rotatable bonds is 4. The SMILES string of the molecule is COc1c(Cl)cc(/C=C(\C(=O)O)c2ccc(N)cc2)cc1Cl. The largest absolute Gasteiger partial charge is 0.494 e. The topological polar surface area (TPSA) is 72.5 Å². The lowest BCUT2D eigenvalue weighted by Gasteiger charge is -2.08. The van der Waals surface area contributed by atoms with E-state index in [1.807, 2.05) is 0 Å². The van der Waals surface area contributed by atoms with Crippen LogP contribution in [0.1, 0.15) is 11.1 Å². The number of halogens is 2. The first-order valence-corrected chi connectivity index (χ1v) is 7.02. The molecule has 0 aliphatic heterocycles. The second kappa shape index (κ2) is 6.73. The van der Waals surface area contributed by atoms with E-state index in [4.69, 9.17) is 33.7 Å². The summed E-state index contributed by atoms with van der Waals surface area (Å²) in [5.41, 5.74) is 7.37. The number of benzene rings is 2. The first kappa shape index (κ1) is 16.2. The second-order valence-electron chi connectivity index (χ2n) is 4.50. The van der Waals surface area contributed by atoms with Gasteiger partial charge in [-0.3, -0.25) is 0 Å². The van der Waals surface area contributed by atoms with Gasteiger partial charge >= 0.3 is 5.97 Å². The summed E-state index contributed by atoms with van der Waals surface area (Å²) in [6.45, 7) is 0. The first-order chi connectivity index (χ1) is 10.4. The van der Waals surface area contributed by atoms with Crippen LogP contribution in [0.15, 0.2) is 36.4 Å². The van der Waals surface area contributed by atoms with Crippen LogP contribution >= 0.6 is 23.2 Å². The van der Waals surface area contributed by atoms with Crippen LogP contribution in [0.5, 0.6) is 5.75 Å². The number of carboxylic acid groups (broad SMARTS) is 1. The van der Waals surface area contributed by atoms with E-state index in [0.717, 1.165) is 0 Å². The molecule has 0 amide bonds. The highest BCUT2D eigenvalue weighted by Gasteiger charge is 2.13. The number of hydrogen-bond donors (Lipinski definition) is 2. The second-order valence-corrected chi connectivity index (χ2v) is 5.32. The first-order valence-electron chi connectivity index (χ1n) is 6.26. The third-order valence-electron chi connectivity index (χ3n) is 2.99. The van der Waals surface area contributed by atoms with Gasteiger partial charge in [0.1, 0.15) is 0 Å². The number of hydrogen-bond acceptors (Lipinski definition) is 3. The monoisotopic (exact) mass is 337 g/mol. The number of aliphatic carboxylic acids is 1. The van der Waals surface area contributed by atoms with Gasteiger partial charge in [0.25, 0.3) is 0 Å². The van der Waals surface area contributed by atoms with Crippen LogP contribution in [0.4, 0.5) is 5.69 Å². The Morgan fingerprint density at radius 1 is 1.18 bits per heavy atom. The molecule has 22 heavy (non-hydrogen) atoms. The number of anilines is 1. The minimum Gasteiger partial charge on any atom is -0.494 e. The zero-order valence-corrected chi connectivity index (χ0v) is 13.2. The summed E-state index contributed by atoms with van der Waals surface area (Å²) in [6.07, 6.45) is 1.49. The molecular formula is C16H13Cl2NO3. The third kappa shape index (κ3) is 3.53. The third-order valence-corrected chi connectivity index (χ3v) is 3.55. The highest BCUT2D eigenvalue weighted by Crippen LogP contribution is 2.35. The molecule has 0 saturated heterocycles. The summed E-state index contributed by atoms with van der Waals surface area (Å²) in [4.78, 5) is 11.5. The van der Waals surface area contributed by atoms with Crippen LogP contribution in [0, 0.1) is 0 Å². The molecule has 0 unspecified atom stereocenters. The van der Waals surface area contributed by atoms with Gasteiger partial charge < -0.3 is 15.6 Å². The van der Waals surface area contributed by atoms with Gasteiger partial charge in [0.2, 0.25) is 0 Å². The normalized spacial score (nSPS) is 11.3. The number of nitrogen functional groups attached to an aromatic ring is 1. The molecule has 0 fully saturated rings. The predicted octanol–water partition coefficient (Wildman–Crippen LogP) is 4.21. The van der Waals surface area contributed by atoms with Gasteiger partial charge in [0, 0.05) is 5.69 Å². The summed E-state index contributed by atoms with van der Waals surface area (Å²) < 4.78 is 5.07. The number of ether oxygens (including phenoxy) is 1. The summed E-state index contributed by atoms with van der Waals surface area (Å²) in [6, 6.07) is 9.74. The van der Waals surface area contributed by atoms with Gasteiger partial charge in [-0.05, 0) is 41.5 Å². The Morgan fingerprint density at radius 3 is 2.18 bits per heavy atom. The van der Waals surface area contributed by atoms with Crippen molar-refractivity contribution in [2.24, 2.45) is 0 Å². The molecule has 3 N–H and O–H groups in total. The fourth-order valence-electron chi connectivity index (χ4n) is 1.96. The molecule has 2 aromatic carbocycles. The van der Waals surface area contributed by atoms with Crippen LogP contribution < -0.4 is 10.5 Å². The highest BCUT2D eigenvalue weighted by molar-refractivity contribution is 6.37. The van der Waals surface area contributed by atoms with E-state index in [1.54, 1.807) is 36.4 Å². The molecule has 2 aromatic rings. The Labute approximate surface area is 137 Å². The van der Waals surface area contributed by atoms with E-state index < -0.39 is 5.97 Å². The maximum Gasteiger partial charge on any atom is 0.336 e. The van der Waals surface area contributed by atoms with Gasteiger partial charge in [0.05, 0.1) is 22.7 Å². The van der Waals surface area contributed by atoms with Crippen molar-refractivity contribution < 1.29 is 14.6 Å². The average Bonchev–Trinajstić information content (AvgIpc) is 2.45. The maximum atomic E-state index is 11.5. The van der Waals surface area contributed by atoms with Crippen molar-refractivity contribution in [2.75, 3.05) is 12.8 Å². The van der Waals surface area contributed by atoms with E-state index in [1.165, 1.54) is 13.2 Å². The standard InChI is InChI=1S/C16H13Cl2NO3/c1-22-15-13(17)7-9(8-14(15)18)6-12(16(20)21)10-2-4-11(19)5-3-10/h2-8H,19H2,1H3,(H,20,21)/b12-6-. The predicted molar refractivity (Wildman–Crippen MR) is 89.4 cm³/mol. The molecule has 2 rings (SSSR count). The van der Waals surface area contributed by atoms with Crippen molar-refractivity contribution in [3.05, 3.63) is 57.6 Å². The van der Waals surface area contributed by atoms with Crippen LogP contribution in [-0.2, 0) is 4.79 Å². The molecule has 0 atom stereocenters. The van der Waals surface area contributed by atoms with Gasteiger partial charge in [-0.2, -0.15) is 0 Å². The lowest BCUT2D eigenvalue weighted by atomic mass is 10.0. The van der Waals surface area contributed by atoms with Gasteiger partial charge in [-0.1, -0.05) is 35.3 Å². The Morgan fingerprint density at radius 2 is 1.73 bits per heavy atom. The molecule has 114 valence electrons. The van der Waals surface area contributed by atoms with E-state index in [2.05, 4.69) is 0 Å². The number of methoxy groups -OCH3 is 1. The highest BCUT2D eigenvalue weighted by atomic mass is 35.5. The van der Waals surface area contributed by atoms with Gasteiger partial charge in [0.15, 0.2) is 5.75 Å². The molecule has 0 radical (unpaired) electrons. The minimum absolute atomic E-state index is 0.109. The van der Waals surface area contributed by atoms with Crippen molar-refractivity contribution in [1.82, 2.24) is 0 Å². The van der Waals surface area contributed by atoms with Crippen molar-refractivity contribution in [2.45, 2.75) is 0 Å². The number of carboxylic acids is 1. The molecule has 0 saturated carbocycles. The average molecular weight is 338 g/mol. The molecule has 4 nitrogen and oxygen atoms in total. The van der Waals surface area contributed by atoms with E-state index >= 15 is 0 Å². The minimum atomic E-state index is -1.06.